The summed E-state index contributed by atoms with van der Waals surface area (Å²) in [5, 5.41) is 6.83. The Balaban J connectivity index is 1.64. The first-order valence-electron chi connectivity index (χ1n) is 7.27. The molecule has 1 atom stereocenters. The largest absolute Gasteiger partial charge is 0.346 e. The number of aromatic nitrogens is 1. The Morgan fingerprint density at radius 2 is 2.00 bits per heavy atom. The zero-order chi connectivity index (χ0) is 13.7. The van der Waals surface area contributed by atoms with Crippen LogP contribution in [-0.4, -0.2) is 55.2 Å². The molecule has 19 heavy (non-hydrogen) atoms. The molecule has 2 heterocycles. The zero-order valence-electron chi connectivity index (χ0n) is 12.3. The van der Waals surface area contributed by atoms with Gasteiger partial charge in [0.15, 0.2) is 5.13 Å². The van der Waals surface area contributed by atoms with E-state index in [4.69, 9.17) is 0 Å². The Kier molecular flexibility index (Phi) is 5.60. The molecule has 1 aromatic heterocycles. The van der Waals surface area contributed by atoms with Gasteiger partial charge in [-0.2, -0.15) is 0 Å². The predicted octanol–water partition coefficient (Wildman–Crippen LogP) is 1.90. The van der Waals surface area contributed by atoms with Crippen LogP contribution in [0.15, 0.2) is 11.6 Å². The van der Waals surface area contributed by atoms with Crippen molar-refractivity contribution in [1.82, 2.24) is 15.2 Å². The molecule has 0 bridgehead atoms. The lowest BCUT2D eigenvalue weighted by molar-refractivity contribution is 0.250. The molecule has 1 unspecified atom stereocenters. The van der Waals surface area contributed by atoms with Crippen molar-refractivity contribution < 1.29 is 0 Å². The number of anilines is 1. The highest BCUT2D eigenvalue weighted by Crippen LogP contribution is 2.18. The number of hydrogen-bond donors (Lipinski definition) is 1. The first-order chi connectivity index (χ1) is 9.16. The van der Waals surface area contributed by atoms with Crippen LogP contribution in [0.5, 0.6) is 0 Å². The van der Waals surface area contributed by atoms with Crippen LogP contribution in [0, 0.1) is 5.92 Å². The smallest absolute Gasteiger partial charge is 0.185 e. The summed E-state index contributed by atoms with van der Waals surface area (Å²) < 4.78 is 0. The quantitative estimate of drug-likeness (QED) is 0.863. The summed E-state index contributed by atoms with van der Waals surface area (Å²) in [6, 6.07) is 0.608. The summed E-state index contributed by atoms with van der Waals surface area (Å²) in [6.45, 7) is 13.6. The third-order valence-electron chi connectivity index (χ3n) is 3.96. The third kappa shape index (κ3) is 4.44. The monoisotopic (exact) mass is 282 g/mol. The number of hydrogen-bond acceptors (Lipinski definition) is 5. The standard InChI is InChI=1S/C14H26N4S/c1-12(2)13(3)15-4-6-17-7-9-18(10-8-17)14-16-5-11-19-14/h5,11-13,15H,4,6-10H2,1-3H3. The summed E-state index contributed by atoms with van der Waals surface area (Å²) in [6.07, 6.45) is 1.89. The second kappa shape index (κ2) is 7.22. The molecule has 0 amide bonds. The van der Waals surface area contributed by atoms with Crippen molar-refractivity contribution in [1.29, 1.82) is 0 Å². The van der Waals surface area contributed by atoms with Gasteiger partial charge in [-0.25, -0.2) is 4.98 Å². The van der Waals surface area contributed by atoms with E-state index in [2.05, 4.69) is 46.3 Å². The van der Waals surface area contributed by atoms with Crippen molar-refractivity contribution in [2.24, 2.45) is 5.92 Å². The lowest BCUT2D eigenvalue weighted by atomic mass is 10.1. The van der Waals surface area contributed by atoms with Crippen LogP contribution < -0.4 is 10.2 Å². The third-order valence-corrected chi connectivity index (χ3v) is 4.79. The predicted molar refractivity (Wildman–Crippen MR) is 83.1 cm³/mol. The van der Waals surface area contributed by atoms with Crippen LogP contribution >= 0.6 is 11.3 Å². The average Bonchev–Trinajstić information content (AvgIpc) is 2.93. The van der Waals surface area contributed by atoms with Crippen molar-refractivity contribution in [3.8, 4) is 0 Å². The summed E-state index contributed by atoms with van der Waals surface area (Å²) in [4.78, 5) is 9.32. The Morgan fingerprint density at radius 3 is 2.58 bits per heavy atom. The fourth-order valence-corrected chi connectivity index (χ4v) is 2.92. The van der Waals surface area contributed by atoms with Gasteiger partial charge in [0, 0.05) is 56.9 Å². The molecule has 4 nitrogen and oxygen atoms in total. The molecule has 0 aromatic carbocycles. The van der Waals surface area contributed by atoms with Crippen molar-refractivity contribution in [3.05, 3.63) is 11.6 Å². The molecule has 1 aliphatic heterocycles. The summed E-state index contributed by atoms with van der Waals surface area (Å²) >= 11 is 1.74. The fraction of sp³-hybridized carbons (Fsp3) is 0.786. The highest BCUT2D eigenvalue weighted by Gasteiger charge is 2.18. The van der Waals surface area contributed by atoms with Gasteiger partial charge in [0.1, 0.15) is 0 Å². The Bertz CT molecular complexity index is 344. The molecule has 1 aromatic rings. The topological polar surface area (TPSA) is 31.4 Å². The molecule has 1 saturated heterocycles. The van der Waals surface area contributed by atoms with E-state index < -0.39 is 0 Å². The molecule has 0 spiro atoms. The normalized spacial score (nSPS) is 19.1. The van der Waals surface area contributed by atoms with Gasteiger partial charge in [-0.15, -0.1) is 11.3 Å². The number of rotatable bonds is 6. The molecule has 5 heteroatoms. The number of thiazole rings is 1. The number of nitrogens with one attached hydrogen (secondary N) is 1. The lowest BCUT2D eigenvalue weighted by Gasteiger charge is -2.34. The molecule has 0 radical (unpaired) electrons. The van der Waals surface area contributed by atoms with Crippen molar-refractivity contribution >= 4 is 16.5 Å². The Labute approximate surface area is 120 Å². The Morgan fingerprint density at radius 1 is 1.26 bits per heavy atom. The van der Waals surface area contributed by atoms with Crippen LogP contribution in [0.25, 0.3) is 0 Å². The van der Waals surface area contributed by atoms with Crippen molar-refractivity contribution in [2.75, 3.05) is 44.2 Å². The van der Waals surface area contributed by atoms with Gasteiger partial charge in [0.25, 0.3) is 0 Å². The molecule has 0 saturated carbocycles. The minimum absolute atomic E-state index is 0.608. The van der Waals surface area contributed by atoms with E-state index in [1.807, 2.05) is 6.20 Å². The van der Waals surface area contributed by atoms with Crippen LogP contribution in [0.3, 0.4) is 0 Å². The summed E-state index contributed by atoms with van der Waals surface area (Å²) in [5.74, 6) is 0.710. The molecular weight excluding hydrogens is 256 g/mol. The summed E-state index contributed by atoms with van der Waals surface area (Å²) in [5.41, 5.74) is 0. The molecular formula is C14H26N4S. The second-order valence-electron chi connectivity index (χ2n) is 5.63. The van der Waals surface area contributed by atoms with Crippen LogP contribution in [0.4, 0.5) is 5.13 Å². The van der Waals surface area contributed by atoms with E-state index >= 15 is 0 Å². The molecule has 108 valence electrons. The van der Waals surface area contributed by atoms with Gasteiger partial charge >= 0.3 is 0 Å². The minimum Gasteiger partial charge on any atom is -0.346 e. The maximum absolute atomic E-state index is 4.38. The fourth-order valence-electron chi connectivity index (χ4n) is 2.22. The molecule has 0 aliphatic carbocycles. The maximum atomic E-state index is 4.38. The van der Waals surface area contributed by atoms with E-state index in [1.165, 1.54) is 5.13 Å². The first-order valence-corrected chi connectivity index (χ1v) is 8.15. The van der Waals surface area contributed by atoms with Gasteiger partial charge in [0.05, 0.1) is 0 Å². The number of piperazine rings is 1. The van der Waals surface area contributed by atoms with Crippen LogP contribution in [0.1, 0.15) is 20.8 Å². The minimum atomic E-state index is 0.608. The molecule has 1 aliphatic rings. The SMILES string of the molecule is CC(C)C(C)NCCN1CCN(c2nccs2)CC1. The van der Waals surface area contributed by atoms with Crippen molar-refractivity contribution in [3.63, 3.8) is 0 Å². The Hall–Kier alpha value is -0.650. The first kappa shape index (κ1) is 14.8. The van der Waals surface area contributed by atoms with Gasteiger partial charge in [-0.3, -0.25) is 4.90 Å². The van der Waals surface area contributed by atoms with Crippen LogP contribution in [0.2, 0.25) is 0 Å². The van der Waals surface area contributed by atoms with Gasteiger partial charge in [-0.1, -0.05) is 13.8 Å². The maximum Gasteiger partial charge on any atom is 0.185 e. The molecule has 1 fully saturated rings. The van der Waals surface area contributed by atoms with E-state index in [-0.39, 0.29) is 0 Å². The lowest BCUT2D eigenvalue weighted by Crippen LogP contribution is -2.48. The number of nitrogens with zero attached hydrogens (tertiary/aromatic N) is 3. The highest BCUT2D eigenvalue weighted by molar-refractivity contribution is 7.13. The van der Waals surface area contributed by atoms with Gasteiger partial charge in [-0.05, 0) is 12.8 Å². The molecule has 2 rings (SSSR count). The van der Waals surface area contributed by atoms with Gasteiger partial charge < -0.3 is 10.2 Å². The average molecular weight is 282 g/mol. The van der Waals surface area contributed by atoms with E-state index in [0.29, 0.717) is 12.0 Å². The second-order valence-corrected chi connectivity index (χ2v) is 6.50. The van der Waals surface area contributed by atoms with E-state index in [0.717, 1.165) is 39.3 Å². The van der Waals surface area contributed by atoms with Crippen molar-refractivity contribution in [2.45, 2.75) is 26.8 Å². The van der Waals surface area contributed by atoms with E-state index in [1.54, 1.807) is 11.3 Å². The molecule has 1 N–H and O–H groups in total. The highest BCUT2D eigenvalue weighted by atomic mass is 32.1. The zero-order valence-corrected chi connectivity index (χ0v) is 13.1. The van der Waals surface area contributed by atoms with Gasteiger partial charge in [0.2, 0.25) is 0 Å². The summed E-state index contributed by atoms with van der Waals surface area (Å²) in [7, 11) is 0. The van der Waals surface area contributed by atoms with Crippen LogP contribution in [-0.2, 0) is 0 Å². The van der Waals surface area contributed by atoms with E-state index in [9.17, 15) is 0 Å².